The van der Waals surface area contributed by atoms with Crippen LogP contribution in [0.15, 0.2) is 85.5 Å². The number of hydrogen-bond donors (Lipinski definition) is 2. The van der Waals surface area contributed by atoms with Gasteiger partial charge in [-0.1, -0.05) is 36.4 Å². The third kappa shape index (κ3) is 4.74. The van der Waals surface area contributed by atoms with Gasteiger partial charge in [0.25, 0.3) is 5.91 Å². The Morgan fingerprint density at radius 3 is 2.57 bits per heavy atom. The molecule has 0 spiro atoms. The van der Waals surface area contributed by atoms with E-state index in [1.807, 2.05) is 60.8 Å². The first kappa shape index (κ1) is 21.9. The molecule has 4 aromatic heterocycles. The normalized spacial score (nSPS) is 10.9. The van der Waals surface area contributed by atoms with Crippen LogP contribution >= 0.6 is 0 Å². The lowest BCUT2D eigenvalue weighted by molar-refractivity contribution is -0.135. The van der Waals surface area contributed by atoms with E-state index in [1.54, 1.807) is 23.0 Å². The zero-order valence-electron chi connectivity index (χ0n) is 18.6. The summed E-state index contributed by atoms with van der Waals surface area (Å²) < 4.78 is 1.77. The van der Waals surface area contributed by atoms with Crippen molar-refractivity contribution in [2.75, 3.05) is 5.32 Å². The molecule has 5 aromatic rings. The second kappa shape index (κ2) is 9.52. The number of carbonyl (C=O) groups is 2. The monoisotopic (exact) mass is 463 g/mol. The van der Waals surface area contributed by atoms with Crippen LogP contribution in [0.25, 0.3) is 28.0 Å². The molecular weight excluding hydrogens is 442 g/mol. The summed E-state index contributed by atoms with van der Waals surface area (Å²) in [4.78, 5) is 36.4. The predicted octanol–water partition coefficient (Wildman–Crippen LogP) is 3.06. The van der Waals surface area contributed by atoms with Crippen molar-refractivity contribution < 1.29 is 9.59 Å². The summed E-state index contributed by atoms with van der Waals surface area (Å²) in [5, 5.41) is 8.10. The summed E-state index contributed by atoms with van der Waals surface area (Å²) in [5.41, 5.74) is 9.98. The molecule has 172 valence electrons. The van der Waals surface area contributed by atoms with E-state index in [1.165, 1.54) is 6.20 Å². The Hall–Kier alpha value is -4.92. The number of aromatic nitrogens is 5. The molecule has 0 saturated heterocycles. The molecule has 9 nitrogen and oxygen atoms in total. The lowest BCUT2D eigenvalue weighted by Gasteiger charge is -2.12. The predicted molar refractivity (Wildman–Crippen MR) is 131 cm³/mol. The van der Waals surface area contributed by atoms with E-state index in [9.17, 15) is 9.59 Å². The molecule has 0 fully saturated rings. The Labute approximate surface area is 200 Å². The second-order valence-corrected chi connectivity index (χ2v) is 7.89. The number of nitrogens with zero attached hydrogens (tertiary/aromatic N) is 5. The van der Waals surface area contributed by atoms with Gasteiger partial charge in [-0.3, -0.25) is 19.6 Å². The number of benzene rings is 1. The van der Waals surface area contributed by atoms with Gasteiger partial charge in [-0.2, -0.15) is 0 Å². The fourth-order valence-electron chi connectivity index (χ4n) is 3.78. The standard InChI is InChI=1S/C26H21N7O2/c27-24(35)22(34)13-17-12-19(15-28-14-17)25-31-26(30-16-20-8-4-5-10-29-20)23-21(9-11-33(23)32-25)18-6-2-1-3-7-18/h1-12,14-15H,13,16H2,(H2,27,35)(H,30,31,32). The van der Waals surface area contributed by atoms with Crippen molar-refractivity contribution in [1.29, 1.82) is 0 Å². The topological polar surface area (TPSA) is 128 Å². The number of rotatable bonds is 8. The minimum absolute atomic E-state index is 0.134. The fourth-order valence-corrected chi connectivity index (χ4v) is 3.78. The number of ketones is 1. The summed E-state index contributed by atoms with van der Waals surface area (Å²) in [6, 6.07) is 19.5. The van der Waals surface area contributed by atoms with Crippen molar-refractivity contribution in [2.45, 2.75) is 13.0 Å². The van der Waals surface area contributed by atoms with E-state index in [0.29, 0.717) is 29.3 Å². The van der Waals surface area contributed by atoms with Crippen molar-refractivity contribution >= 4 is 23.0 Å². The highest BCUT2D eigenvalue weighted by Crippen LogP contribution is 2.31. The molecule has 0 aliphatic carbocycles. The second-order valence-electron chi connectivity index (χ2n) is 7.89. The molecule has 1 amide bonds. The maximum atomic E-state index is 11.8. The molecule has 0 bridgehead atoms. The summed E-state index contributed by atoms with van der Waals surface area (Å²) in [7, 11) is 0. The number of carbonyl (C=O) groups excluding carboxylic acids is 2. The van der Waals surface area contributed by atoms with E-state index in [4.69, 9.17) is 15.8 Å². The number of hydrogen-bond acceptors (Lipinski definition) is 7. The Bertz CT molecular complexity index is 1520. The van der Waals surface area contributed by atoms with Crippen LogP contribution in [0, 0.1) is 0 Å². The van der Waals surface area contributed by atoms with E-state index in [0.717, 1.165) is 22.3 Å². The van der Waals surface area contributed by atoms with Gasteiger partial charge in [0, 0.05) is 42.3 Å². The summed E-state index contributed by atoms with van der Waals surface area (Å²) in [5.74, 6) is -0.619. The molecular formula is C26H21N7O2. The molecule has 0 saturated carbocycles. The highest BCUT2D eigenvalue weighted by molar-refractivity contribution is 6.36. The number of pyridine rings is 2. The van der Waals surface area contributed by atoms with Crippen LogP contribution in [-0.4, -0.2) is 36.3 Å². The molecule has 3 N–H and O–H groups in total. The van der Waals surface area contributed by atoms with Gasteiger partial charge >= 0.3 is 0 Å². The fraction of sp³-hybridized carbons (Fsp3) is 0.0769. The highest BCUT2D eigenvalue weighted by Gasteiger charge is 2.17. The van der Waals surface area contributed by atoms with E-state index < -0.39 is 11.7 Å². The molecule has 0 radical (unpaired) electrons. The zero-order valence-corrected chi connectivity index (χ0v) is 18.6. The van der Waals surface area contributed by atoms with Crippen molar-refractivity contribution in [1.82, 2.24) is 24.6 Å². The molecule has 4 heterocycles. The average molecular weight is 464 g/mol. The first-order chi connectivity index (χ1) is 17.1. The minimum atomic E-state index is -0.977. The van der Waals surface area contributed by atoms with Crippen molar-refractivity contribution in [2.24, 2.45) is 5.73 Å². The Kier molecular flexibility index (Phi) is 5.96. The van der Waals surface area contributed by atoms with Gasteiger partial charge in [0.2, 0.25) is 5.78 Å². The third-order valence-corrected chi connectivity index (χ3v) is 5.45. The van der Waals surface area contributed by atoms with Crippen molar-refractivity contribution in [3.63, 3.8) is 0 Å². The number of anilines is 1. The summed E-state index contributed by atoms with van der Waals surface area (Å²) in [6.07, 6.45) is 6.62. The maximum Gasteiger partial charge on any atom is 0.285 e. The van der Waals surface area contributed by atoms with E-state index in [2.05, 4.69) is 15.3 Å². The first-order valence-corrected chi connectivity index (χ1v) is 10.9. The number of primary amides is 1. The Balaban J connectivity index is 1.58. The quantitative estimate of drug-likeness (QED) is 0.339. The van der Waals surface area contributed by atoms with E-state index >= 15 is 0 Å². The van der Waals surface area contributed by atoms with E-state index in [-0.39, 0.29) is 6.42 Å². The van der Waals surface area contributed by atoms with Gasteiger partial charge in [0.1, 0.15) is 5.52 Å². The SMILES string of the molecule is NC(=O)C(=O)Cc1cncc(-c2nc(NCc3ccccn3)c3c(-c4ccccc4)ccn3n2)c1. The average Bonchev–Trinajstić information content (AvgIpc) is 3.33. The molecule has 0 atom stereocenters. The number of fused-ring (bicyclic) bond motifs is 1. The van der Waals surface area contributed by atoms with Gasteiger partial charge in [0.05, 0.1) is 12.2 Å². The Morgan fingerprint density at radius 2 is 1.80 bits per heavy atom. The van der Waals surface area contributed by atoms with Crippen LogP contribution in [0.5, 0.6) is 0 Å². The molecule has 0 aliphatic heterocycles. The highest BCUT2D eigenvalue weighted by atomic mass is 16.2. The van der Waals surface area contributed by atoms with Crippen LogP contribution in [-0.2, 0) is 22.6 Å². The van der Waals surface area contributed by atoms with Gasteiger partial charge in [-0.15, -0.1) is 5.10 Å². The summed E-state index contributed by atoms with van der Waals surface area (Å²) >= 11 is 0. The van der Waals surface area contributed by atoms with Gasteiger partial charge in [0.15, 0.2) is 11.6 Å². The lowest BCUT2D eigenvalue weighted by atomic mass is 10.1. The largest absolute Gasteiger partial charge is 0.363 e. The zero-order chi connectivity index (χ0) is 24.2. The maximum absolute atomic E-state index is 11.8. The number of amides is 1. The van der Waals surface area contributed by atoms with Crippen molar-refractivity contribution in [3.05, 3.63) is 96.7 Å². The van der Waals surface area contributed by atoms with Gasteiger partial charge in [-0.05, 0) is 35.4 Å². The number of Topliss-reactive ketones (excluding diaryl/α,β-unsaturated/α-hetero) is 1. The summed E-state index contributed by atoms with van der Waals surface area (Å²) in [6.45, 7) is 0.470. The minimum Gasteiger partial charge on any atom is -0.363 e. The lowest BCUT2D eigenvalue weighted by Crippen LogP contribution is -2.24. The molecule has 0 aliphatic rings. The van der Waals surface area contributed by atoms with Gasteiger partial charge < -0.3 is 11.1 Å². The number of nitrogens with one attached hydrogen (secondary N) is 1. The van der Waals surface area contributed by atoms with Crippen LogP contribution < -0.4 is 11.1 Å². The smallest absolute Gasteiger partial charge is 0.285 e. The number of nitrogens with two attached hydrogens (primary N) is 1. The van der Waals surface area contributed by atoms with Crippen molar-refractivity contribution in [3.8, 4) is 22.5 Å². The molecule has 0 unspecified atom stereocenters. The molecule has 5 rings (SSSR count). The van der Waals surface area contributed by atoms with Crippen LogP contribution in [0.3, 0.4) is 0 Å². The van der Waals surface area contributed by atoms with Crippen LogP contribution in [0.4, 0.5) is 5.82 Å². The van der Waals surface area contributed by atoms with Crippen LogP contribution in [0.1, 0.15) is 11.3 Å². The van der Waals surface area contributed by atoms with Crippen LogP contribution in [0.2, 0.25) is 0 Å². The molecule has 35 heavy (non-hydrogen) atoms. The first-order valence-electron chi connectivity index (χ1n) is 10.9. The molecule has 1 aromatic carbocycles. The van der Waals surface area contributed by atoms with Gasteiger partial charge in [-0.25, -0.2) is 9.50 Å². The molecule has 9 heteroatoms. The Morgan fingerprint density at radius 1 is 0.971 bits per heavy atom. The third-order valence-electron chi connectivity index (χ3n) is 5.45.